The lowest BCUT2D eigenvalue weighted by atomic mass is 9.95. The van der Waals surface area contributed by atoms with E-state index in [2.05, 4.69) is 62.5 Å². The van der Waals surface area contributed by atoms with Gasteiger partial charge in [-0.1, -0.05) is 75.7 Å². The van der Waals surface area contributed by atoms with Crippen molar-refractivity contribution in [3.05, 3.63) is 36.4 Å². The minimum absolute atomic E-state index is 0.0458. The highest BCUT2D eigenvalue weighted by molar-refractivity contribution is 5.98. The maximum Gasteiger partial charge on any atom is 0.326 e. The summed E-state index contributed by atoms with van der Waals surface area (Å²) in [5, 5.41) is 39.8. The molecule has 0 bridgehead atoms. The van der Waals surface area contributed by atoms with Crippen LogP contribution in [0, 0.1) is 29.6 Å². The van der Waals surface area contributed by atoms with E-state index in [1.807, 2.05) is 27.7 Å². The van der Waals surface area contributed by atoms with E-state index in [1.54, 1.807) is 41.5 Å². The number of hydrogen-bond acceptors (Lipinski definition) is 13. The monoisotopic (exact) mass is 1030 g/mol. The number of carbonyl (C=O) groups excluding carboxylic acids is 8. The van der Waals surface area contributed by atoms with Gasteiger partial charge in [-0.05, 0) is 55.8 Å². The van der Waals surface area contributed by atoms with E-state index in [4.69, 9.17) is 10.8 Å². The fourth-order valence-electron chi connectivity index (χ4n) is 7.46. The van der Waals surface area contributed by atoms with E-state index in [0.717, 1.165) is 0 Å². The molecule has 0 spiro atoms. The van der Waals surface area contributed by atoms with E-state index < -0.39 is 131 Å². The molecule has 0 radical (unpaired) electrons. The highest BCUT2D eigenvalue weighted by Gasteiger charge is 2.37. The summed E-state index contributed by atoms with van der Waals surface area (Å²) in [6, 6.07) is -11.2. The van der Waals surface area contributed by atoms with Crippen LogP contribution in [0.5, 0.6) is 0 Å². The summed E-state index contributed by atoms with van der Waals surface area (Å²) in [5.41, 5.74) is 6.76. The van der Waals surface area contributed by atoms with Crippen LogP contribution in [-0.4, -0.2) is 144 Å². The van der Waals surface area contributed by atoms with Crippen LogP contribution in [0.3, 0.4) is 0 Å². The van der Waals surface area contributed by atoms with Crippen molar-refractivity contribution in [3.8, 4) is 0 Å². The first kappa shape index (κ1) is 62.2. The number of rotatable bonds is 32. The Hall–Kier alpha value is -6.92. The summed E-state index contributed by atoms with van der Waals surface area (Å²) in [7, 11) is 0. The predicted octanol–water partition coefficient (Wildman–Crippen LogP) is -0.457. The summed E-state index contributed by atoms with van der Waals surface area (Å²) in [5.74, 6) is -10.2. The van der Waals surface area contributed by atoms with Gasteiger partial charge in [0.1, 0.15) is 48.3 Å². The Kier molecular flexibility index (Phi) is 25.7. The number of carbonyl (C=O) groups is 10. The molecule has 25 heteroatoms. The van der Waals surface area contributed by atoms with Crippen LogP contribution >= 0.6 is 0 Å². The lowest BCUT2D eigenvalue weighted by molar-refractivity contribution is -0.143. The highest BCUT2D eigenvalue weighted by atomic mass is 16.4. The van der Waals surface area contributed by atoms with Crippen molar-refractivity contribution in [2.24, 2.45) is 35.3 Å². The van der Waals surface area contributed by atoms with Gasteiger partial charge in [0.05, 0.1) is 18.7 Å². The van der Waals surface area contributed by atoms with Gasteiger partial charge in [0.15, 0.2) is 0 Å². The van der Waals surface area contributed by atoms with Crippen LogP contribution in [0.1, 0.15) is 120 Å². The molecule has 0 aliphatic rings. The summed E-state index contributed by atoms with van der Waals surface area (Å²) >= 11 is 0. The number of amides is 8. The molecule has 2 heterocycles. The van der Waals surface area contributed by atoms with Gasteiger partial charge in [-0.2, -0.15) is 0 Å². The van der Waals surface area contributed by atoms with Gasteiger partial charge in [-0.15, -0.1) is 0 Å². The van der Waals surface area contributed by atoms with Crippen LogP contribution in [0.15, 0.2) is 25.0 Å². The summed E-state index contributed by atoms with van der Waals surface area (Å²) in [6.45, 7) is 18.9. The van der Waals surface area contributed by atoms with Gasteiger partial charge in [-0.25, -0.2) is 14.8 Å². The van der Waals surface area contributed by atoms with Crippen molar-refractivity contribution in [3.63, 3.8) is 0 Å². The zero-order valence-corrected chi connectivity index (χ0v) is 43.8. The number of nitrogens with two attached hydrogens (primary N) is 1. The Morgan fingerprint density at radius 1 is 0.521 bits per heavy atom. The zero-order chi connectivity index (χ0) is 55.3. The smallest absolute Gasteiger partial charge is 0.326 e. The van der Waals surface area contributed by atoms with Gasteiger partial charge in [0, 0.05) is 43.0 Å². The van der Waals surface area contributed by atoms with Crippen molar-refractivity contribution in [2.75, 3.05) is 0 Å². The molecule has 0 aliphatic heterocycles. The third-order valence-corrected chi connectivity index (χ3v) is 11.9. The number of carboxylic acid groups (broad SMARTS) is 2. The molecule has 408 valence electrons. The molecule has 2 aromatic rings. The van der Waals surface area contributed by atoms with Crippen molar-refractivity contribution in [2.45, 2.75) is 175 Å². The number of nitrogens with one attached hydrogen (secondary N) is 10. The molecule has 8 amide bonds. The summed E-state index contributed by atoms with van der Waals surface area (Å²) in [4.78, 5) is 147. The first-order chi connectivity index (χ1) is 34.1. The Morgan fingerprint density at radius 2 is 0.918 bits per heavy atom. The maximum atomic E-state index is 14.3. The van der Waals surface area contributed by atoms with Crippen molar-refractivity contribution < 1.29 is 58.2 Å². The Bertz CT molecular complexity index is 2150. The van der Waals surface area contributed by atoms with E-state index in [0.29, 0.717) is 17.8 Å². The average molecular weight is 1030 g/mol. The van der Waals surface area contributed by atoms with Gasteiger partial charge >= 0.3 is 11.9 Å². The zero-order valence-electron chi connectivity index (χ0n) is 43.8. The SMILES string of the molecule is CC[C@H](C)[C@H](NC(=O)[C@H](CC(C)C)NC(=O)[C@H](Cc1cnc[nH]1)NC(=O)[C@H](C)NC(=O)[C@H](Cc1cnc[nH]1)NC(=O)[C@@H](N)CCC(=O)O)C(=O)N[C@H](C(=O)N[C@H](C(=O)N[C@@H](CC(C)C)C(=O)O)C(C)C)C(C)C. The van der Waals surface area contributed by atoms with Crippen LogP contribution in [0.2, 0.25) is 0 Å². The second-order valence-electron chi connectivity index (χ2n) is 20.0. The van der Waals surface area contributed by atoms with E-state index in [-0.39, 0.29) is 50.4 Å². The molecule has 14 N–H and O–H groups in total. The molecular weight excluding hydrogens is 951 g/mol. The topological polar surface area (TPSA) is 391 Å². The predicted molar refractivity (Wildman–Crippen MR) is 266 cm³/mol. The second-order valence-corrected chi connectivity index (χ2v) is 20.0. The van der Waals surface area contributed by atoms with Crippen LogP contribution in [0.4, 0.5) is 0 Å². The first-order valence-corrected chi connectivity index (χ1v) is 24.7. The van der Waals surface area contributed by atoms with Crippen molar-refractivity contribution in [1.29, 1.82) is 0 Å². The number of imidazole rings is 2. The molecule has 0 fully saturated rings. The average Bonchev–Trinajstić information content (AvgIpc) is 4.03. The summed E-state index contributed by atoms with van der Waals surface area (Å²) < 4.78 is 0. The molecule has 2 aromatic heterocycles. The van der Waals surface area contributed by atoms with Gasteiger partial charge in [0.25, 0.3) is 0 Å². The molecule has 0 saturated carbocycles. The Balaban J connectivity index is 2.33. The number of carboxylic acids is 2. The largest absolute Gasteiger partial charge is 0.481 e. The fraction of sp³-hybridized carbons (Fsp3) is 0.667. The molecule has 0 aromatic carbocycles. The van der Waals surface area contributed by atoms with Gasteiger partial charge in [-0.3, -0.25) is 43.2 Å². The first-order valence-electron chi connectivity index (χ1n) is 24.7. The van der Waals surface area contributed by atoms with Crippen LogP contribution in [-0.2, 0) is 60.8 Å². The number of H-pyrrole nitrogens is 2. The van der Waals surface area contributed by atoms with Gasteiger partial charge in [0.2, 0.25) is 47.3 Å². The van der Waals surface area contributed by atoms with E-state index >= 15 is 0 Å². The molecule has 0 unspecified atom stereocenters. The molecule has 0 saturated heterocycles. The molecule has 73 heavy (non-hydrogen) atoms. The number of aromatic nitrogens is 4. The third-order valence-electron chi connectivity index (χ3n) is 11.9. The number of nitrogens with zero attached hydrogens (tertiary/aromatic N) is 2. The van der Waals surface area contributed by atoms with Crippen LogP contribution < -0.4 is 48.3 Å². The number of aliphatic carboxylic acids is 2. The van der Waals surface area contributed by atoms with E-state index in [1.165, 1.54) is 32.0 Å². The molecule has 25 nitrogen and oxygen atoms in total. The minimum Gasteiger partial charge on any atom is -0.481 e. The van der Waals surface area contributed by atoms with E-state index in [9.17, 15) is 53.1 Å². The lowest BCUT2D eigenvalue weighted by Gasteiger charge is -2.31. The summed E-state index contributed by atoms with van der Waals surface area (Å²) in [6.07, 6.45) is 5.39. The fourth-order valence-corrected chi connectivity index (χ4v) is 7.46. The number of aromatic amines is 2. The second kappa shape index (κ2) is 30.2. The standard InChI is InChI=1S/C48H79N13O12/c1-12-27(10)39(47(71)60-38(26(8)9)46(70)59-37(25(6)7)45(69)58-35(48(72)73)16-24(4)5)61-44(68)32(15-23(2)3)57-43(67)34(18-30-20-51-22-53-30)55-40(64)28(11)54-42(66)33(17-29-19-50-21-52-29)56-41(65)31(49)13-14-36(62)63/h19-28,31-35,37-39H,12-18,49H2,1-11H3,(H,50,52)(H,51,53)(H,54,66)(H,55,64)(H,56,65)(H,57,67)(H,58,69)(H,59,70)(H,60,71)(H,61,68)(H,62,63)(H,72,73)/t27-,28-,31-,32-,33-,34-,35-,37-,38-,39-/m0/s1. The number of hydrogen-bond donors (Lipinski definition) is 13. The van der Waals surface area contributed by atoms with Gasteiger partial charge < -0.3 is 68.4 Å². The molecular formula is C48H79N13O12. The molecule has 10 atom stereocenters. The lowest BCUT2D eigenvalue weighted by Crippen LogP contribution is -2.62. The molecule has 0 aliphatic carbocycles. The minimum atomic E-state index is -1.36. The van der Waals surface area contributed by atoms with Crippen molar-refractivity contribution in [1.82, 2.24) is 62.5 Å². The van der Waals surface area contributed by atoms with Crippen LogP contribution in [0.25, 0.3) is 0 Å². The normalized spacial score (nSPS) is 15.6. The third kappa shape index (κ3) is 21.4. The molecule has 2 rings (SSSR count). The quantitative estimate of drug-likeness (QED) is 0.0441. The van der Waals surface area contributed by atoms with Crippen molar-refractivity contribution >= 4 is 59.2 Å². The highest BCUT2D eigenvalue weighted by Crippen LogP contribution is 2.15. The Morgan fingerprint density at radius 3 is 1.34 bits per heavy atom. The Labute approximate surface area is 426 Å². The maximum absolute atomic E-state index is 14.3.